The van der Waals surface area contributed by atoms with Crippen LogP contribution in [0.3, 0.4) is 0 Å². The number of hydrogen-bond acceptors (Lipinski definition) is 4. The molecule has 0 saturated heterocycles. The van der Waals surface area contributed by atoms with Crippen LogP contribution in [0.25, 0.3) is 0 Å². The molecule has 32 heavy (non-hydrogen) atoms. The molecule has 0 radical (unpaired) electrons. The van der Waals surface area contributed by atoms with Crippen molar-refractivity contribution in [3.63, 3.8) is 0 Å². The highest BCUT2D eigenvalue weighted by molar-refractivity contribution is 7.84. The molecule has 2 aliphatic rings. The third-order valence-electron chi connectivity index (χ3n) is 7.67. The summed E-state index contributed by atoms with van der Waals surface area (Å²) in [6.45, 7) is 23.3. The highest BCUT2D eigenvalue weighted by Gasteiger charge is 2.53. The van der Waals surface area contributed by atoms with E-state index in [1.807, 2.05) is 41.5 Å². The Morgan fingerprint density at radius 1 is 1.00 bits per heavy atom. The molecule has 2 saturated carbocycles. The van der Waals surface area contributed by atoms with E-state index in [1.165, 1.54) is 0 Å². The summed E-state index contributed by atoms with van der Waals surface area (Å²) in [5.41, 5.74) is -0.415. The van der Waals surface area contributed by atoms with Crippen molar-refractivity contribution in [1.82, 2.24) is 4.72 Å². The standard InChI is InChI=1S/C25H49NO4SSi/c1-22(2,3)29-21(27)18-12-14-25(15-13-18)17-19(30-32(10,11)24(7,8)9)16-20(25)26-31(28)23(4,5)6/h18-20,26H,12-17H2,1-11H3. The molecule has 0 heterocycles. The Balaban J connectivity index is 2.18. The maximum absolute atomic E-state index is 13.0. The van der Waals surface area contributed by atoms with Crippen molar-refractivity contribution in [3.05, 3.63) is 0 Å². The van der Waals surface area contributed by atoms with Gasteiger partial charge >= 0.3 is 5.97 Å². The number of esters is 1. The average molecular weight is 488 g/mol. The molecular formula is C25H49NO4SSi. The van der Waals surface area contributed by atoms with Gasteiger partial charge in [-0.1, -0.05) is 20.8 Å². The Bertz CT molecular complexity index is 694. The molecule has 0 bridgehead atoms. The number of carbonyl (C=O) groups is 1. The van der Waals surface area contributed by atoms with Gasteiger partial charge in [0.1, 0.15) is 5.60 Å². The summed E-state index contributed by atoms with van der Waals surface area (Å²) in [6, 6.07) is 0.150. The van der Waals surface area contributed by atoms with E-state index in [-0.39, 0.29) is 39.2 Å². The molecule has 0 aromatic carbocycles. The van der Waals surface area contributed by atoms with Gasteiger partial charge in [-0.2, -0.15) is 0 Å². The van der Waals surface area contributed by atoms with E-state index in [9.17, 15) is 9.00 Å². The highest BCUT2D eigenvalue weighted by Crippen LogP contribution is 2.53. The number of carbonyl (C=O) groups excluding carboxylic acids is 1. The van der Waals surface area contributed by atoms with Gasteiger partial charge in [0, 0.05) is 12.1 Å². The van der Waals surface area contributed by atoms with E-state index in [2.05, 4.69) is 38.6 Å². The highest BCUT2D eigenvalue weighted by atomic mass is 32.2. The van der Waals surface area contributed by atoms with Crippen LogP contribution in [0.4, 0.5) is 0 Å². The zero-order valence-electron chi connectivity index (χ0n) is 22.5. The van der Waals surface area contributed by atoms with Gasteiger partial charge in [-0.25, -0.2) is 8.93 Å². The predicted octanol–water partition coefficient (Wildman–Crippen LogP) is 6.11. The summed E-state index contributed by atoms with van der Waals surface area (Å²) in [5.74, 6) is -0.101. The molecule has 3 unspecified atom stereocenters. The van der Waals surface area contributed by atoms with Crippen molar-refractivity contribution >= 4 is 25.3 Å². The van der Waals surface area contributed by atoms with Gasteiger partial charge in [0.2, 0.25) is 0 Å². The second-order valence-corrected chi connectivity index (χ2v) is 20.4. The lowest BCUT2D eigenvalue weighted by molar-refractivity contribution is -0.162. The largest absolute Gasteiger partial charge is 0.460 e. The minimum absolute atomic E-state index is 0.0334. The lowest BCUT2D eigenvalue weighted by Gasteiger charge is -2.42. The van der Waals surface area contributed by atoms with E-state index in [0.717, 1.165) is 38.5 Å². The smallest absolute Gasteiger partial charge is 0.309 e. The lowest BCUT2D eigenvalue weighted by atomic mass is 9.67. The van der Waals surface area contributed by atoms with E-state index in [0.29, 0.717) is 0 Å². The molecule has 0 aromatic heterocycles. The summed E-state index contributed by atoms with van der Waals surface area (Å²) in [4.78, 5) is 12.7. The van der Waals surface area contributed by atoms with Crippen LogP contribution in [0.5, 0.6) is 0 Å². The molecule has 5 nitrogen and oxygen atoms in total. The zero-order chi connectivity index (χ0) is 24.8. The Labute approximate surface area is 200 Å². The van der Waals surface area contributed by atoms with E-state index in [4.69, 9.17) is 9.16 Å². The first-order chi connectivity index (χ1) is 14.3. The van der Waals surface area contributed by atoms with Gasteiger partial charge in [0.05, 0.1) is 21.7 Å². The number of rotatable bonds is 5. The van der Waals surface area contributed by atoms with Crippen LogP contribution in [-0.4, -0.2) is 41.0 Å². The van der Waals surface area contributed by atoms with Crippen LogP contribution in [-0.2, 0) is 24.9 Å². The van der Waals surface area contributed by atoms with Crippen LogP contribution in [0.15, 0.2) is 0 Å². The van der Waals surface area contributed by atoms with Crippen LogP contribution >= 0.6 is 0 Å². The van der Waals surface area contributed by atoms with Crippen LogP contribution in [0.2, 0.25) is 18.1 Å². The minimum atomic E-state index is -1.89. The molecule has 188 valence electrons. The van der Waals surface area contributed by atoms with Crippen molar-refractivity contribution in [3.8, 4) is 0 Å². The SMILES string of the molecule is CC(C)(C)OC(=O)C1CCC2(CC1)CC(O[Si](C)(C)C(C)(C)C)CC2NS(=O)C(C)(C)C. The van der Waals surface area contributed by atoms with Crippen molar-refractivity contribution < 1.29 is 18.2 Å². The first kappa shape index (κ1) is 28.0. The molecule has 7 heteroatoms. The van der Waals surface area contributed by atoms with Crippen LogP contribution in [0.1, 0.15) is 101 Å². The average Bonchev–Trinajstić information content (AvgIpc) is 2.87. The van der Waals surface area contributed by atoms with Crippen LogP contribution in [0, 0.1) is 11.3 Å². The maximum atomic E-state index is 13.0. The summed E-state index contributed by atoms with van der Waals surface area (Å²) in [7, 11) is -3.02. The normalized spacial score (nSPS) is 31.0. The van der Waals surface area contributed by atoms with E-state index < -0.39 is 24.9 Å². The second-order valence-electron chi connectivity index (χ2n) is 13.7. The molecular weight excluding hydrogens is 438 g/mol. The van der Waals surface area contributed by atoms with Crippen molar-refractivity contribution in [2.24, 2.45) is 11.3 Å². The second kappa shape index (κ2) is 9.42. The predicted molar refractivity (Wildman–Crippen MR) is 136 cm³/mol. The first-order valence-electron chi connectivity index (χ1n) is 12.3. The summed E-state index contributed by atoms with van der Waals surface area (Å²) in [6.07, 6.45) is 5.64. The zero-order valence-corrected chi connectivity index (χ0v) is 24.3. The van der Waals surface area contributed by atoms with Gasteiger partial charge in [-0.3, -0.25) is 4.79 Å². The third kappa shape index (κ3) is 6.89. The Morgan fingerprint density at radius 3 is 1.97 bits per heavy atom. The summed E-state index contributed by atoms with van der Waals surface area (Å²) >= 11 is 0. The van der Waals surface area contributed by atoms with Crippen molar-refractivity contribution in [2.45, 2.75) is 141 Å². The molecule has 2 rings (SSSR count). The third-order valence-corrected chi connectivity index (χ3v) is 13.8. The fourth-order valence-electron chi connectivity index (χ4n) is 4.72. The molecule has 0 aliphatic heterocycles. The summed E-state index contributed by atoms with van der Waals surface area (Å²) < 4.78 is 28.7. The van der Waals surface area contributed by atoms with E-state index >= 15 is 0 Å². The number of ether oxygens (including phenoxy) is 1. The minimum Gasteiger partial charge on any atom is -0.460 e. The Morgan fingerprint density at radius 2 is 1.53 bits per heavy atom. The summed E-state index contributed by atoms with van der Waals surface area (Å²) in [5, 5.41) is 0.161. The maximum Gasteiger partial charge on any atom is 0.309 e. The topological polar surface area (TPSA) is 64.6 Å². The van der Waals surface area contributed by atoms with Gasteiger partial charge in [-0.05, 0) is 104 Å². The Kier molecular flexibility index (Phi) is 8.25. The molecule has 3 atom stereocenters. The molecule has 0 amide bonds. The van der Waals surface area contributed by atoms with Crippen LogP contribution < -0.4 is 4.72 Å². The van der Waals surface area contributed by atoms with Gasteiger partial charge in [-0.15, -0.1) is 0 Å². The number of nitrogens with one attached hydrogen (secondary N) is 1. The molecule has 0 aromatic rings. The van der Waals surface area contributed by atoms with Crippen molar-refractivity contribution in [2.75, 3.05) is 0 Å². The van der Waals surface area contributed by atoms with Gasteiger partial charge < -0.3 is 9.16 Å². The lowest BCUT2D eigenvalue weighted by Crippen LogP contribution is -2.48. The van der Waals surface area contributed by atoms with Gasteiger partial charge in [0.15, 0.2) is 8.32 Å². The number of hydrogen-bond donors (Lipinski definition) is 1. The van der Waals surface area contributed by atoms with Crippen molar-refractivity contribution in [1.29, 1.82) is 0 Å². The Hall–Kier alpha value is -0.243. The molecule has 1 N–H and O–H groups in total. The quantitative estimate of drug-likeness (QED) is 0.375. The monoisotopic (exact) mass is 487 g/mol. The fraction of sp³-hybridized carbons (Fsp3) is 0.960. The van der Waals surface area contributed by atoms with Gasteiger partial charge in [0.25, 0.3) is 0 Å². The fourth-order valence-corrected chi connectivity index (χ4v) is 7.04. The van der Waals surface area contributed by atoms with E-state index in [1.54, 1.807) is 0 Å². The first-order valence-corrected chi connectivity index (χ1v) is 16.4. The molecule has 2 fully saturated rings. The molecule has 2 aliphatic carbocycles. The molecule has 1 spiro atoms.